The summed E-state index contributed by atoms with van der Waals surface area (Å²) in [6, 6.07) is 3.78. The number of amides is 1. The first-order valence-corrected chi connectivity index (χ1v) is 7.05. The molecule has 1 amide bonds. The Morgan fingerprint density at radius 1 is 1.43 bits per heavy atom. The Bertz CT molecular complexity index is 553. The fourth-order valence-corrected chi connectivity index (χ4v) is 2.50. The standard InChI is InChI=1S/C13H14Cl2N2O4/c14-8-1-2-11(9(15)5-8)21-7-12(18)17-4-3-16-6-10(17)13(19)20/h1-2,5,10,16H,3-4,6-7H2,(H,19,20)/t10-/m1/s1. The molecule has 1 atom stereocenters. The maximum Gasteiger partial charge on any atom is 0.327 e. The van der Waals surface area contributed by atoms with Crippen molar-refractivity contribution in [3.8, 4) is 5.75 Å². The van der Waals surface area contributed by atoms with Crippen molar-refractivity contribution in [2.75, 3.05) is 26.2 Å². The first-order chi connectivity index (χ1) is 9.99. The number of benzene rings is 1. The van der Waals surface area contributed by atoms with E-state index in [0.29, 0.717) is 28.9 Å². The van der Waals surface area contributed by atoms with Gasteiger partial charge in [-0.25, -0.2) is 4.79 Å². The lowest BCUT2D eigenvalue weighted by atomic mass is 10.2. The zero-order valence-corrected chi connectivity index (χ0v) is 12.5. The van der Waals surface area contributed by atoms with Gasteiger partial charge in [0, 0.05) is 24.7 Å². The Morgan fingerprint density at radius 3 is 2.86 bits per heavy atom. The zero-order chi connectivity index (χ0) is 15.4. The number of carbonyl (C=O) groups excluding carboxylic acids is 1. The molecule has 0 radical (unpaired) electrons. The summed E-state index contributed by atoms with van der Waals surface area (Å²) in [4.78, 5) is 24.5. The van der Waals surface area contributed by atoms with E-state index in [1.165, 1.54) is 11.0 Å². The van der Waals surface area contributed by atoms with E-state index in [4.69, 9.17) is 33.0 Å². The molecule has 0 saturated carbocycles. The molecule has 8 heteroatoms. The second-order valence-corrected chi connectivity index (χ2v) is 5.35. The van der Waals surface area contributed by atoms with E-state index in [-0.39, 0.29) is 13.2 Å². The molecular formula is C13H14Cl2N2O4. The maximum absolute atomic E-state index is 12.1. The molecule has 1 fully saturated rings. The summed E-state index contributed by atoms with van der Waals surface area (Å²) in [5, 5.41) is 12.8. The Morgan fingerprint density at radius 2 is 2.19 bits per heavy atom. The Hall–Kier alpha value is -1.50. The van der Waals surface area contributed by atoms with Gasteiger partial charge >= 0.3 is 5.97 Å². The predicted octanol–water partition coefficient (Wildman–Crippen LogP) is 1.26. The van der Waals surface area contributed by atoms with Crippen molar-refractivity contribution < 1.29 is 19.4 Å². The monoisotopic (exact) mass is 332 g/mol. The smallest absolute Gasteiger partial charge is 0.327 e. The molecule has 114 valence electrons. The average molecular weight is 333 g/mol. The van der Waals surface area contributed by atoms with Gasteiger partial charge in [-0.05, 0) is 18.2 Å². The summed E-state index contributed by atoms with van der Waals surface area (Å²) in [5.41, 5.74) is 0. The first-order valence-electron chi connectivity index (χ1n) is 6.30. The van der Waals surface area contributed by atoms with Crippen LogP contribution in [0.2, 0.25) is 10.0 Å². The van der Waals surface area contributed by atoms with Crippen LogP contribution in [0.1, 0.15) is 0 Å². The fourth-order valence-electron chi connectivity index (χ4n) is 2.04. The van der Waals surface area contributed by atoms with E-state index >= 15 is 0 Å². The molecule has 0 spiro atoms. The quantitative estimate of drug-likeness (QED) is 0.867. The maximum atomic E-state index is 12.1. The van der Waals surface area contributed by atoms with Crippen LogP contribution in [0.3, 0.4) is 0 Å². The van der Waals surface area contributed by atoms with Crippen molar-refractivity contribution in [1.82, 2.24) is 10.2 Å². The number of halogens is 2. The van der Waals surface area contributed by atoms with Crippen LogP contribution in [-0.2, 0) is 9.59 Å². The van der Waals surface area contributed by atoms with E-state index < -0.39 is 17.9 Å². The number of nitrogens with one attached hydrogen (secondary N) is 1. The van der Waals surface area contributed by atoms with Crippen LogP contribution in [0.4, 0.5) is 0 Å². The van der Waals surface area contributed by atoms with Gasteiger partial charge in [0.15, 0.2) is 6.61 Å². The molecule has 2 rings (SSSR count). The summed E-state index contributed by atoms with van der Waals surface area (Å²) in [7, 11) is 0. The molecule has 21 heavy (non-hydrogen) atoms. The minimum Gasteiger partial charge on any atom is -0.482 e. The summed E-state index contributed by atoms with van der Waals surface area (Å²) in [6.45, 7) is 0.832. The van der Waals surface area contributed by atoms with Crippen LogP contribution in [0.15, 0.2) is 18.2 Å². The van der Waals surface area contributed by atoms with Gasteiger partial charge in [0.2, 0.25) is 0 Å². The summed E-state index contributed by atoms with van der Waals surface area (Å²) in [6.07, 6.45) is 0. The van der Waals surface area contributed by atoms with Gasteiger partial charge in [0.1, 0.15) is 11.8 Å². The molecule has 0 aromatic heterocycles. The largest absolute Gasteiger partial charge is 0.482 e. The molecule has 0 bridgehead atoms. The molecule has 6 nitrogen and oxygen atoms in total. The van der Waals surface area contributed by atoms with Gasteiger partial charge in [-0.1, -0.05) is 23.2 Å². The summed E-state index contributed by atoms with van der Waals surface area (Å²) in [5.74, 6) is -1.11. The van der Waals surface area contributed by atoms with Crippen molar-refractivity contribution in [1.29, 1.82) is 0 Å². The molecule has 1 aliphatic heterocycles. The van der Waals surface area contributed by atoms with Crippen molar-refractivity contribution in [2.24, 2.45) is 0 Å². The SMILES string of the molecule is O=C(O)[C@H]1CNCCN1C(=O)COc1ccc(Cl)cc1Cl. The van der Waals surface area contributed by atoms with E-state index in [1.54, 1.807) is 12.1 Å². The number of ether oxygens (including phenoxy) is 1. The highest BCUT2D eigenvalue weighted by atomic mass is 35.5. The van der Waals surface area contributed by atoms with Gasteiger partial charge in [-0.15, -0.1) is 0 Å². The topological polar surface area (TPSA) is 78.9 Å². The molecule has 1 aromatic rings. The minimum atomic E-state index is -1.04. The molecule has 1 saturated heterocycles. The minimum absolute atomic E-state index is 0.225. The van der Waals surface area contributed by atoms with E-state index in [1.807, 2.05) is 0 Å². The first kappa shape index (κ1) is 15.9. The molecule has 2 N–H and O–H groups in total. The number of carboxylic acid groups (broad SMARTS) is 1. The normalized spacial score (nSPS) is 18.4. The van der Waals surface area contributed by atoms with Gasteiger partial charge in [-0.3, -0.25) is 4.79 Å². The van der Waals surface area contributed by atoms with Gasteiger partial charge in [0.25, 0.3) is 5.91 Å². The lowest BCUT2D eigenvalue weighted by Crippen LogP contribution is -2.57. The molecule has 1 aliphatic rings. The van der Waals surface area contributed by atoms with Gasteiger partial charge in [0.05, 0.1) is 5.02 Å². The van der Waals surface area contributed by atoms with Crippen molar-refractivity contribution in [3.63, 3.8) is 0 Å². The Kier molecular flexibility index (Phi) is 5.27. The van der Waals surface area contributed by atoms with Crippen molar-refractivity contribution in [2.45, 2.75) is 6.04 Å². The zero-order valence-electron chi connectivity index (χ0n) is 11.0. The Balaban J connectivity index is 1.98. The average Bonchev–Trinajstić information content (AvgIpc) is 2.46. The van der Waals surface area contributed by atoms with Crippen LogP contribution in [-0.4, -0.2) is 54.2 Å². The number of nitrogens with zero attached hydrogens (tertiary/aromatic N) is 1. The van der Waals surface area contributed by atoms with Crippen LogP contribution < -0.4 is 10.1 Å². The third-order valence-electron chi connectivity index (χ3n) is 3.09. The molecular weight excluding hydrogens is 319 g/mol. The van der Waals surface area contributed by atoms with Crippen LogP contribution >= 0.6 is 23.2 Å². The van der Waals surface area contributed by atoms with E-state index in [9.17, 15) is 9.59 Å². The van der Waals surface area contributed by atoms with Crippen LogP contribution in [0, 0.1) is 0 Å². The molecule has 0 aliphatic carbocycles. The van der Waals surface area contributed by atoms with Crippen molar-refractivity contribution in [3.05, 3.63) is 28.2 Å². The highest BCUT2D eigenvalue weighted by Crippen LogP contribution is 2.27. The summed E-state index contributed by atoms with van der Waals surface area (Å²) < 4.78 is 5.34. The van der Waals surface area contributed by atoms with Crippen LogP contribution in [0.25, 0.3) is 0 Å². The fraction of sp³-hybridized carbons (Fsp3) is 0.385. The molecule has 0 unspecified atom stereocenters. The third kappa shape index (κ3) is 4.00. The van der Waals surface area contributed by atoms with Gasteiger partial charge < -0.3 is 20.1 Å². The third-order valence-corrected chi connectivity index (χ3v) is 3.62. The number of rotatable bonds is 4. The van der Waals surface area contributed by atoms with E-state index in [2.05, 4.69) is 5.32 Å². The van der Waals surface area contributed by atoms with Gasteiger partial charge in [-0.2, -0.15) is 0 Å². The second kappa shape index (κ2) is 6.98. The Labute approximate surface area is 131 Å². The molecule has 1 aromatic carbocycles. The number of aliphatic carboxylic acids is 1. The van der Waals surface area contributed by atoms with Crippen LogP contribution in [0.5, 0.6) is 5.75 Å². The van der Waals surface area contributed by atoms with Crippen molar-refractivity contribution >= 4 is 35.1 Å². The summed E-state index contributed by atoms with van der Waals surface area (Å²) >= 11 is 11.7. The highest BCUT2D eigenvalue weighted by Gasteiger charge is 2.31. The lowest BCUT2D eigenvalue weighted by Gasteiger charge is -2.33. The highest BCUT2D eigenvalue weighted by molar-refractivity contribution is 6.35. The number of hydrogen-bond acceptors (Lipinski definition) is 4. The number of carboxylic acids is 1. The van der Waals surface area contributed by atoms with E-state index in [0.717, 1.165) is 0 Å². The number of hydrogen-bond donors (Lipinski definition) is 2. The molecule has 1 heterocycles. The number of piperazine rings is 1. The lowest BCUT2D eigenvalue weighted by molar-refractivity contribution is -0.152. The predicted molar refractivity (Wildman–Crippen MR) is 78.0 cm³/mol. The number of carbonyl (C=O) groups is 2. The second-order valence-electron chi connectivity index (χ2n) is 4.51.